The van der Waals surface area contributed by atoms with Crippen LogP contribution in [-0.2, 0) is 0 Å². The van der Waals surface area contributed by atoms with E-state index < -0.39 is 0 Å². The summed E-state index contributed by atoms with van der Waals surface area (Å²) >= 11 is 0. The summed E-state index contributed by atoms with van der Waals surface area (Å²) in [6.07, 6.45) is 9.18. The zero-order chi connectivity index (χ0) is 23.0. The van der Waals surface area contributed by atoms with Crippen LogP contribution in [0.25, 0.3) is 11.1 Å². The lowest BCUT2D eigenvalue weighted by Gasteiger charge is -2.28. The van der Waals surface area contributed by atoms with Crippen LogP contribution in [0.15, 0.2) is 72.8 Å². The van der Waals surface area contributed by atoms with Crippen LogP contribution in [0.2, 0.25) is 0 Å². The molecule has 0 amide bonds. The van der Waals surface area contributed by atoms with Gasteiger partial charge in [-0.3, -0.25) is 0 Å². The van der Waals surface area contributed by atoms with Gasteiger partial charge in [-0.15, -0.1) is 0 Å². The van der Waals surface area contributed by atoms with Crippen LogP contribution >= 0.6 is 0 Å². The van der Waals surface area contributed by atoms with E-state index in [0.29, 0.717) is 22.8 Å². The number of esters is 1. The minimum absolute atomic E-state index is 0.337. The van der Waals surface area contributed by atoms with Gasteiger partial charge in [0.25, 0.3) is 0 Å². The van der Waals surface area contributed by atoms with E-state index >= 15 is 0 Å². The molecule has 33 heavy (non-hydrogen) atoms. The summed E-state index contributed by atoms with van der Waals surface area (Å²) < 4.78 is 5.58. The molecule has 0 heterocycles. The van der Waals surface area contributed by atoms with Crippen molar-refractivity contribution in [3.63, 3.8) is 0 Å². The monoisotopic (exact) mass is 437 g/mol. The van der Waals surface area contributed by atoms with Gasteiger partial charge in [-0.25, -0.2) is 4.79 Å². The second kappa shape index (κ2) is 11.0. The average molecular weight is 438 g/mol. The number of ether oxygens (including phenoxy) is 1. The van der Waals surface area contributed by atoms with E-state index in [1.807, 2.05) is 36.4 Å². The van der Waals surface area contributed by atoms with Crippen LogP contribution in [0.5, 0.6) is 5.75 Å². The first-order valence-electron chi connectivity index (χ1n) is 12.1. The highest BCUT2D eigenvalue weighted by Gasteiger charge is 2.22. The molecule has 3 aromatic carbocycles. The number of rotatable bonds is 7. The van der Waals surface area contributed by atoms with Crippen LogP contribution in [0, 0.1) is 17.2 Å². The molecular formula is C30H31NO2. The molecule has 168 valence electrons. The third-order valence-corrected chi connectivity index (χ3v) is 6.84. The van der Waals surface area contributed by atoms with Gasteiger partial charge in [0.15, 0.2) is 0 Å². The summed E-state index contributed by atoms with van der Waals surface area (Å²) in [6, 6.07) is 25.0. The Morgan fingerprint density at radius 1 is 0.879 bits per heavy atom. The smallest absolute Gasteiger partial charge is 0.343 e. The van der Waals surface area contributed by atoms with Crippen LogP contribution in [0.4, 0.5) is 0 Å². The molecule has 0 atom stereocenters. The van der Waals surface area contributed by atoms with Crippen molar-refractivity contribution in [1.82, 2.24) is 0 Å². The minimum atomic E-state index is -0.337. The van der Waals surface area contributed by atoms with Crippen LogP contribution in [0.3, 0.4) is 0 Å². The average Bonchev–Trinajstić information content (AvgIpc) is 2.88. The maximum absolute atomic E-state index is 12.6. The molecule has 1 fully saturated rings. The van der Waals surface area contributed by atoms with Gasteiger partial charge in [0, 0.05) is 0 Å². The molecule has 0 aliphatic heterocycles. The number of nitriles is 1. The van der Waals surface area contributed by atoms with Gasteiger partial charge in [0.2, 0.25) is 0 Å². The first-order chi connectivity index (χ1) is 16.2. The number of nitrogens with zero attached hydrogens (tertiary/aromatic N) is 1. The van der Waals surface area contributed by atoms with E-state index in [0.717, 1.165) is 17.0 Å². The fraction of sp³-hybridized carbons (Fsp3) is 0.333. The molecule has 0 aromatic heterocycles. The van der Waals surface area contributed by atoms with Gasteiger partial charge in [-0.2, -0.15) is 5.26 Å². The molecule has 1 aliphatic rings. The molecule has 0 spiro atoms. The van der Waals surface area contributed by atoms with Crippen LogP contribution in [-0.4, -0.2) is 5.97 Å². The predicted molar refractivity (Wildman–Crippen MR) is 132 cm³/mol. The lowest BCUT2D eigenvalue weighted by Crippen LogP contribution is -2.14. The zero-order valence-corrected chi connectivity index (χ0v) is 19.3. The molecule has 0 saturated heterocycles. The van der Waals surface area contributed by atoms with Crippen molar-refractivity contribution >= 4 is 5.97 Å². The van der Waals surface area contributed by atoms with Gasteiger partial charge < -0.3 is 4.74 Å². The zero-order valence-electron chi connectivity index (χ0n) is 19.3. The van der Waals surface area contributed by atoms with E-state index in [1.165, 1.54) is 50.5 Å². The Hall–Kier alpha value is -3.38. The summed E-state index contributed by atoms with van der Waals surface area (Å²) in [5.74, 6) is 1.70. The van der Waals surface area contributed by atoms with Gasteiger partial charge >= 0.3 is 5.97 Å². The van der Waals surface area contributed by atoms with Crippen molar-refractivity contribution in [2.45, 2.75) is 57.8 Å². The first-order valence-corrected chi connectivity index (χ1v) is 12.1. The van der Waals surface area contributed by atoms with Gasteiger partial charge in [0.05, 0.1) is 17.2 Å². The van der Waals surface area contributed by atoms with E-state index in [2.05, 4.69) is 25.1 Å². The normalized spacial score (nSPS) is 17.8. The quantitative estimate of drug-likeness (QED) is 0.279. The second-order valence-electron chi connectivity index (χ2n) is 9.08. The summed E-state index contributed by atoms with van der Waals surface area (Å²) in [6.45, 7) is 2.27. The SMILES string of the molecule is CCCCC1CCC(c2ccc(C(=O)Oc3ccc(-c4ccc(C#N)cc4)cc3)cc2)CC1. The van der Waals surface area contributed by atoms with Crippen molar-refractivity contribution in [3.8, 4) is 22.9 Å². The lowest BCUT2D eigenvalue weighted by molar-refractivity contribution is 0.0734. The number of hydrogen-bond donors (Lipinski definition) is 0. The number of carbonyl (C=O) groups excluding carboxylic acids is 1. The summed E-state index contributed by atoms with van der Waals surface area (Å²) in [5, 5.41) is 8.93. The highest BCUT2D eigenvalue weighted by atomic mass is 16.5. The number of hydrogen-bond acceptors (Lipinski definition) is 3. The lowest BCUT2D eigenvalue weighted by atomic mass is 9.77. The molecule has 3 nitrogen and oxygen atoms in total. The van der Waals surface area contributed by atoms with E-state index in [4.69, 9.17) is 10.00 Å². The number of benzene rings is 3. The summed E-state index contributed by atoms with van der Waals surface area (Å²) in [5.41, 5.74) is 4.57. The number of unbranched alkanes of at least 4 members (excludes halogenated alkanes) is 1. The second-order valence-corrected chi connectivity index (χ2v) is 9.08. The van der Waals surface area contributed by atoms with Crippen molar-refractivity contribution in [1.29, 1.82) is 5.26 Å². The Morgan fingerprint density at radius 2 is 1.48 bits per heavy atom. The molecule has 0 N–H and O–H groups in total. The van der Waals surface area contributed by atoms with E-state index in [9.17, 15) is 4.79 Å². The highest BCUT2D eigenvalue weighted by molar-refractivity contribution is 5.91. The molecule has 3 heteroatoms. The maximum atomic E-state index is 12.6. The Bertz CT molecular complexity index is 1080. The fourth-order valence-corrected chi connectivity index (χ4v) is 4.79. The predicted octanol–water partition coefficient (Wildman–Crippen LogP) is 7.91. The molecule has 4 rings (SSSR count). The minimum Gasteiger partial charge on any atom is -0.423 e. The Kier molecular flexibility index (Phi) is 7.58. The summed E-state index contributed by atoms with van der Waals surface area (Å²) in [4.78, 5) is 12.6. The Balaban J connectivity index is 1.33. The Labute approximate surface area is 197 Å². The van der Waals surface area contributed by atoms with E-state index in [-0.39, 0.29) is 5.97 Å². The molecule has 0 unspecified atom stereocenters. The third kappa shape index (κ3) is 5.90. The third-order valence-electron chi connectivity index (χ3n) is 6.84. The first kappa shape index (κ1) is 22.8. The standard InChI is InChI=1S/C30H31NO2/c1-2-3-4-22-5-9-24(10-6-22)26-13-15-28(16-14-26)30(32)33-29-19-17-27(18-20-29)25-11-7-23(21-31)8-12-25/h7-8,11-20,22,24H,2-6,9-10H2,1H3. The van der Waals surface area contributed by atoms with Gasteiger partial charge in [-0.05, 0) is 90.6 Å². The maximum Gasteiger partial charge on any atom is 0.343 e. The van der Waals surface area contributed by atoms with Crippen molar-refractivity contribution in [2.24, 2.45) is 5.92 Å². The fourth-order valence-electron chi connectivity index (χ4n) is 4.79. The van der Waals surface area contributed by atoms with Crippen molar-refractivity contribution < 1.29 is 9.53 Å². The largest absolute Gasteiger partial charge is 0.423 e. The van der Waals surface area contributed by atoms with Gasteiger partial charge in [-0.1, -0.05) is 62.6 Å². The number of carbonyl (C=O) groups is 1. The highest BCUT2D eigenvalue weighted by Crippen LogP contribution is 2.37. The molecule has 1 saturated carbocycles. The van der Waals surface area contributed by atoms with Crippen LogP contribution < -0.4 is 4.74 Å². The van der Waals surface area contributed by atoms with Crippen molar-refractivity contribution in [2.75, 3.05) is 0 Å². The Morgan fingerprint density at radius 3 is 2.06 bits per heavy atom. The molecular weight excluding hydrogens is 406 g/mol. The van der Waals surface area contributed by atoms with E-state index in [1.54, 1.807) is 24.3 Å². The summed E-state index contributed by atoms with van der Waals surface area (Å²) in [7, 11) is 0. The molecule has 0 bridgehead atoms. The molecule has 3 aromatic rings. The molecule has 0 radical (unpaired) electrons. The van der Waals surface area contributed by atoms with Gasteiger partial charge in [0.1, 0.15) is 5.75 Å². The molecule has 1 aliphatic carbocycles. The topological polar surface area (TPSA) is 50.1 Å². The van der Waals surface area contributed by atoms with Crippen molar-refractivity contribution in [3.05, 3.63) is 89.5 Å². The van der Waals surface area contributed by atoms with Crippen LogP contribution in [0.1, 0.15) is 79.3 Å².